The van der Waals surface area contributed by atoms with Crippen LogP contribution in [0.5, 0.6) is 0 Å². The summed E-state index contributed by atoms with van der Waals surface area (Å²) in [6.07, 6.45) is 0. The SMILES string of the molecule is CN(CC(=O)c1ccc(F)cc1)Cc1ccc(Cl)s1. The van der Waals surface area contributed by atoms with Gasteiger partial charge in [-0.25, -0.2) is 4.39 Å². The lowest BCUT2D eigenvalue weighted by Gasteiger charge is -2.14. The Morgan fingerprint density at radius 1 is 1.26 bits per heavy atom. The molecule has 100 valence electrons. The van der Waals surface area contributed by atoms with E-state index in [0.29, 0.717) is 18.7 Å². The van der Waals surface area contributed by atoms with Crippen LogP contribution in [0, 0.1) is 5.82 Å². The number of nitrogens with zero attached hydrogens (tertiary/aromatic N) is 1. The fourth-order valence-corrected chi connectivity index (χ4v) is 2.90. The molecule has 1 aromatic carbocycles. The van der Waals surface area contributed by atoms with Crippen molar-refractivity contribution in [2.24, 2.45) is 0 Å². The first-order valence-electron chi connectivity index (χ1n) is 5.76. The van der Waals surface area contributed by atoms with Crippen LogP contribution in [-0.4, -0.2) is 24.3 Å². The topological polar surface area (TPSA) is 20.3 Å². The summed E-state index contributed by atoms with van der Waals surface area (Å²) in [6, 6.07) is 9.41. The van der Waals surface area contributed by atoms with Gasteiger partial charge in [0.2, 0.25) is 0 Å². The summed E-state index contributed by atoms with van der Waals surface area (Å²) in [4.78, 5) is 15.0. The average Bonchev–Trinajstić information content (AvgIpc) is 2.75. The van der Waals surface area contributed by atoms with Gasteiger partial charge in [0.1, 0.15) is 5.82 Å². The summed E-state index contributed by atoms with van der Waals surface area (Å²) in [5.74, 6) is -0.358. The highest BCUT2D eigenvalue weighted by Crippen LogP contribution is 2.22. The maximum Gasteiger partial charge on any atom is 0.176 e. The van der Waals surface area contributed by atoms with Gasteiger partial charge in [-0.15, -0.1) is 11.3 Å². The third-order valence-electron chi connectivity index (χ3n) is 2.63. The van der Waals surface area contributed by atoms with Crippen molar-refractivity contribution < 1.29 is 9.18 Å². The zero-order valence-corrected chi connectivity index (χ0v) is 12.0. The number of carbonyl (C=O) groups excluding carboxylic acids is 1. The largest absolute Gasteiger partial charge is 0.294 e. The number of Topliss-reactive ketones (excluding diaryl/α,β-unsaturated/α-hetero) is 1. The number of thiophene rings is 1. The van der Waals surface area contributed by atoms with Gasteiger partial charge < -0.3 is 0 Å². The van der Waals surface area contributed by atoms with Crippen molar-refractivity contribution in [2.45, 2.75) is 6.54 Å². The molecule has 0 amide bonds. The van der Waals surface area contributed by atoms with Crippen LogP contribution in [0.3, 0.4) is 0 Å². The Morgan fingerprint density at radius 3 is 2.53 bits per heavy atom. The fourth-order valence-electron chi connectivity index (χ4n) is 1.73. The molecular formula is C14H13ClFNOS. The van der Waals surface area contributed by atoms with E-state index in [9.17, 15) is 9.18 Å². The molecule has 2 aromatic rings. The molecule has 0 saturated heterocycles. The highest BCUT2D eigenvalue weighted by atomic mass is 35.5. The Bertz CT molecular complexity index is 567. The molecule has 0 aliphatic carbocycles. The molecule has 5 heteroatoms. The van der Waals surface area contributed by atoms with Gasteiger partial charge in [-0.2, -0.15) is 0 Å². The van der Waals surface area contributed by atoms with Crippen LogP contribution in [0.2, 0.25) is 4.34 Å². The lowest BCUT2D eigenvalue weighted by atomic mass is 10.1. The van der Waals surface area contributed by atoms with E-state index in [4.69, 9.17) is 11.6 Å². The van der Waals surface area contributed by atoms with Crippen LogP contribution in [0.25, 0.3) is 0 Å². The van der Waals surface area contributed by atoms with Crippen LogP contribution >= 0.6 is 22.9 Å². The third kappa shape index (κ3) is 4.13. The predicted molar refractivity (Wildman–Crippen MR) is 76.4 cm³/mol. The van der Waals surface area contributed by atoms with Gasteiger partial charge in [0.05, 0.1) is 10.9 Å². The van der Waals surface area contributed by atoms with Gasteiger partial charge in [-0.1, -0.05) is 11.6 Å². The van der Waals surface area contributed by atoms with Gasteiger partial charge in [-0.05, 0) is 43.4 Å². The molecule has 2 rings (SSSR count). The Morgan fingerprint density at radius 2 is 1.95 bits per heavy atom. The standard InChI is InChI=1S/C14H13ClFNOS/c1-17(8-12-6-7-14(15)19-12)9-13(18)10-2-4-11(16)5-3-10/h2-7H,8-9H2,1H3. The van der Waals surface area contributed by atoms with Gasteiger partial charge in [-0.3, -0.25) is 9.69 Å². The maximum absolute atomic E-state index is 12.8. The van der Waals surface area contributed by atoms with E-state index in [-0.39, 0.29) is 11.6 Å². The van der Waals surface area contributed by atoms with Crippen molar-refractivity contribution >= 4 is 28.7 Å². The summed E-state index contributed by atoms with van der Waals surface area (Å²) in [6.45, 7) is 0.964. The first-order valence-corrected chi connectivity index (χ1v) is 6.95. The summed E-state index contributed by atoms with van der Waals surface area (Å²) in [5, 5.41) is 0. The quantitative estimate of drug-likeness (QED) is 0.781. The van der Waals surface area contributed by atoms with E-state index < -0.39 is 0 Å². The fraction of sp³-hybridized carbons (Fsp3) is 0.214. The normalized spacial score (nSPS) is 10.9. The molecular weight excluding hydrogens is 285 g/mol. The monoisotopic (exact) mass is 297 g/mol. The number of carbonyl (C=O) groups is 1. The zero-order chi connectivity index (χ0) is 13.8. The second-order valence-corrected chi connectivity index (χ2v) is 6.11. The number of hydrogen-bond donors (Lipinski definition) is 0. The van der Waals surface area contributed by atoms with Crippen molar-refractivity contribution in [3.63, 3.8) is 0 Å². The third-order valence-corrected chi connectivity index (χ3v) is 3.85. The molecule has 0 N–H and O–H groups in total. The number of likely N-dealkylation sites (N-methyl/N-ethyl adjacent to an activating group) is 1. The Hall–Kier alpha value is -1.23. The summed E-state index contributed by atoms with van der Waals surface area (Å²) >= 11 is 7.36. The smallest absolute Gasteiger partial charge is 0.176 e. The molecule has 0 fully saturated rings. The van der Waals surface area contributed by atoms with Crippen molar-refractivity contribution in [1.82, 2.24) is 4.90 Å². The minimum Gasteiger partial charge on any atom is -0.294 e. The number of halogens is 2. The van der Waals surface area contributed by atoms with Gasteiger partial charge >= 0.3 is 0 Å². The molecule has 0 bridgehead atoms. The Kier molecular flexibility index (Phi) is 4.69. The number of hydrogen-bond acceptors (Lipinski definition) is 3. The van der Waals surface area contributed by atoms with Crippen molar-refractivity contribution in [2.75, 3.05) is 13.6 Å². The second kappa shape index (κ2) is 6.28. The number of benzene rings is 1. The molecule has 1 aromatic heterocycles. The van der Waals surface area contributed by atoms with E-state index in [1.54, 1.807) is 0 Å². The van der Waals surface area contributed by atoms with Gasteiger partial charge in [0, 0.05) is 17.0 Å². The number of rotatable bonds is 5. The van der Waals surface area contributed by atoms with Crippen molar-refractivity contribution in [3.05, 3.63) is 57.0 Å². The highest BCUT2D eigenvalue weighted by Gasteiger charge is 2.10. The summed E-state index contributed by atoms with van der Waals surface area (Å²) < 4.78 is 13.5. The molecule has 2 nitrogen and oxygen atoms in total. The van der Waals surface area contributed by atoms with Crippen LogP contribution < -0.4 is 0 Å². The van der Waals surface area contributed by atoms with E-state index in [0.717, 1.165) is 9.21 Å². The molecule has 0 saturated carbocycles. The number of ketones is 1. The molecule has 19 heavy (non-hydrogen) atoms. The first-order chi connectivity index (χ1) is 9.04. The lowest BCUT2D eigenvalue weighted by Crippen LogP contribution is -2.25. The van der Waals surface area contributed by atoms with Gasteiger partial charge in [0.25, 0.3) is 0 Å². The summed E-state index contributed by atoms with van der Waals surface area (Å²) in [7, 11) is 1.87. The zero-order valence-electron chi connectivity index (χ0n) is 10.4. The average molecular weight is 298 g/mol. The minimum absolute atomic E-state index is 0.0230. The predicted octanol–water partition coefficient (Wildman–Crippen LogP) is 3.86. The maximum atomic E-state index is 12.8. The van der Waals surface area contributed by atoms with Crippen LogP contribution in [-0.2, 0) is 6.54 Å². The van der Waals surface area contributed by atoms with Crippen LogP contribution in [0.4, 0.5) is 4.39 Å². The lowest BCUT2D eigenvalue weighted by molar-refractivity contribution is 0.0943. The minimum atomic E-state index is -0.335. The van der Waals surface area contributed by atoms with E-state index in [1.165, 1.54) is 35.6 Å². The van der Waals surface area contributed by atoms with Crippen LogP contribution in [0.1, 0.15) is 15.2 Å². The van der Waals surface area contributed by atoms with E-state index in [2.05, 4.69) is 0 Å². The Balaban J connectivity index is 1.93. The molecule has 0 unspecified atom stereocenters. The molecule has 0 aliphatic rings. The molecule has 0 radical (unpaired) electrons. The highest BCUT2D eigenvalue weighted by molar-refractivity contribution is 7.16. The summed E-state index contributed by atoms with van der Waals surface area (Å²) in [5.41, 5.74) is 0.525. The van der Waals surface area contributed by atoms with Crippen molar-refractivity contribution in [3.8, 4) is 0 Å². The molecule has 1 heterocycles. The molecule has 0 atom stereocenters. The molecule has 0 spiro atoms. The van der Waals surface area contributed by atoms with E-state index in [1.807, 2.05) is 24.1 Å². The van der Waals surface area contributed by atoms with Crippen LogP contribution in [0.15, 0.2) is 36.4 Å². The van der Waals surface area contributed by atoms with Crippen molar-refractivity contribution in [1.29, 1.82) is 0 Å². The Labute approximate surface area is 120 Å². The van der Waals surface area contributed by atoms with E-state index >= 15 is 0 Å². The molecule has 0 aliphatic heterocycles. The van der Waals surface area contributed by atoms with Gasteiger partial charge in [0.15, 0.2) is 5.78 Å². The second-order valence-electron chi connectivity index (χ2n) is 4.31. The first kappa shape index (κ1) is 14.2.